The first-order chi connectivity index (χ1) is 5.68. The smallest absolute Gasteiger partial charge is 0.0366 e. The molecule has 12 heavy (non-hydrogen) atoms. The molecular formula is C9H6I2S. The molecular weight excluding hydrogens is 394 g/mol. The minimum Gasteiger partial charge on any atom is -0.143 e. The normalized spacial score (nSPS) is 10.9. The van der Waals surface area contributed by atoms with Gasteiger partial charge in [0.05, 0.1) is 0 Å². The highest BCUT2D eigenvalue weighted by Gasteiger charge is 2.04. The van der Waals surface area contributed by atoms with Gasteiger partial charge in [-0.15, -0.1) is 11.3 Å². The summed E-state index contributed by atoms with van der Waals surface area (Å²) < 4.78 is 4.11. The molecule has 0 radical (unpaired) electrons. The van der Waals surface area contributed by atoms with Crippen molar-refractivity contribution in [2.75, 3.05) is 0 Å². The van der Waals surface area contributed by atoms with Crippen LogP contribution in [0.1, 0.15) is 5.56 Å². The second-order valence-corrected chi connectivity index (χ2v) is 6.00. The van der Waals surface area contributed by atoms with Gasteiger partial charge in [0.2, 0.25) is 0 Å². The molecule has 0 amide bonds. The van der Waals surface area contributed by atoms with Gasteiger partial charge in [-0.2, -0.15) is 0 Å². The summed E-state index contributed by atoms with van der Waals surface area (Å²) in [6.45, 7) is 2.18. The highest BCUT2D eigenvalue weighted by molar-refractivity contribution is 14.1. The second-order valence-electron chi connectivity index (χ2n) is 2.68. The van der Waals surface area contributed by atoms with E-state index in [0.717, 1.165) is 0 Å². The number of benzene rings is 1. The fourth-order valence-corrected chi connectivity index (χ4v) is 4.49. The standard InChI is InChI=1S/C9H6I2S/c1-5-2-6(10)3-8-9(5)7(11)4-12-8/h2-4H,1H3. The third-order valence-corrected chi connectivity index (χ3v) is 4.62. The van der Waals surface area contributed by atoms with E-state index < -0.39 is 0 Å². The lowest BCUT2D eigenvalue weighted by molar-refractivity contribution is 1.52. The van der Waals surface area contributed by atoms with Crippen molar-refractivity contribution in [2.45, 2.75) is 6.92 Å². The second kappa shape index (κ2) is 3.42. The molecule has 0 nitrogen and oxygen atoms in total. The van der Waals surface area contributed by atoms with Gasteiger partial charge in [-0.1, -0.05) is 0 Å². The summed E-state index contributed by atoms with van der Waals surface area (Å²) >= 11 is 6.60. The lowest BCUT2D eigenvalue weighted by Crippen LogP contribution is -1.77. The molecule has 0 unspecified atom stereocenters. The van der Waals surface area contributed by atoms with Gasteiger partial charge in [0.15, 0.2) is 0 Å². The quantitative estimate of drug-likeness (QED) is 0.575. The molecule has 0 N–H and O–H groups in total. The highest BCUT2D eigenvalue weighted by Crippen LogP contribution is 2.31. The Kier molecular flexibility index (Phi) is 2.62. The zero-order valence-electron chi connectivity index (χ0n) is 6.40. The van der Waals surface area contributed by atoms with Gasteiger partial charge in [-0.3, -0.25) is 0 Å². The first-order valence-corrected chi connectivity index (χ1v) is 6.55. The minimum absolute atomic E-state index is 1.33. The van der Waals surface area contributed by atoms with Gasteiger partial charge in [0.25, 0.3) is 0 Å². The molecule has 1 heterocycles. The van der Waals surface area contributed by atoms with Crippen LogP contribution >= 0.6 is 56.5 Å². The average Bonchev–Trinajstić information content (AvgIpc) is 2.31. The Morgan fingerprint density at radius 3 is 2.75 bits per heavy atom. The lowest BCUT2D eigenvalue weighted by atomic mass is 10.2. The minimum atomic E-state index is 1.33. The van der Waals surface area contributed by atoms with Crippen LogP contribution in [0.15, 0.2) is 17.5 Å². The Morgan fingerprint density at radius 1 is 1.25 bits per heavy atom. The average molecular weight is 400 g/mol. The van der Waals surface area contributed by atoms with Crippen LogP contribution < -0.4 is 0 Å². The third-order valence-electron chi connectivity index (χ3n) is 1.79. The number of halogens is 2. The van der Waals surface area contributed by atoms with E-state index in [1.54, 1.807) is 0 Å². The molecule has 2 aromatic rings. The molecule has 62 valence electrons. The van der Waals surface area contributed by atoms with Crippen LogP contribution in [0, 0.1) is 14.1 Å². The molecule has 0 spiro atoms. The van der Waals surface area contributed by atoms with Gasteiger partial charge in [0, 0.05) is 22.6 Å². The predicted octanol–water partition coefficient (Wildman–Crippen LogP) is 4.42. The van der Waals surface area contributed by atoms with Crippen LogP contribution in [0.4, 0.5) is 0 Å². The summed E-state index contributed by atoms with van der Waals surface area (Å²) in [6, 6.07) is 4.48. The number of hydrogen-bond acceptors (Lipinski definition) is 1. The lowest BCUT2D eigenvalue weighted by Gasteiger charge is -1.97. The summed E-state index contributed by atoms with van der Waals surface area (Å²) in [6.07, 6.45) is 0. The molecule has 0 aliphatic heterocycles. The van der Waals surface area contributed by atoms with Crippen molar-refractivity contribution in [3.05, 3.63) is 30.2 Å². The van der Waals surface area contributed by atoms with Crippen molar-refractivity contribution < 1.29 is 0 Å². The van der Waals surface area contributed by atoms with Crippen molar-refractivity contribution in [3.63, 3.8) is 0 Å². The molecule has 0 aliphatic carbocycles. The maximum absolute atomic E-state index is 2.40. The first kappa shape index (κ1) is 9.21. The van der Waals surface area contributed by atoms with Crippen LogP contribution in [0.2, 0.25) is 0 Å². The van der Waals surface area contributed by atoms with E-state index in [9.17, 15) is 0 Å². The third kappa shape index (κ3) is 1.50. The maximum atomic E-state index is 2.40. The van der Waals surface area contributed by atoms with Gasteiger partial charge < -0.3 is 0 Å². The number of rotatable bonds is 0. The largest absolute Gasteiger partial charge is 0.143 e. The first-order valence-electron chi connectivity index (χ1n) is 3.51. The van der Waals surface area contributed by atoms with E-state index in [-0.39, 0.29) is 0 Å². The van der Waals surface area contributed by atoms with Crippen molar-refractivity contribution in [1.29, 1.82) is 0 Å². The fraction of sp³-hybridized carbons (Fsp3) is 0.111. The van der Waals surface area contributed by atoms with E-state index in [1.165, 1.54) is 22.8 Å². The Bertz CT molecular complexity index is 431. The Balaban J connectivity index is 2.93. The molecule has 0 aliphatic rings. The van der Waals surface area contributed by atoms with E-state index in [4.69, 9.17) is 0 Å². The van der Waals surface area contributed by atoms with Crippen LogP contribution in [0.25, 0.3) is 10.1 Å². The molecule has 1 aromatic heterocycles. The summed E-state index contributed by atoms with van der Waals surface area (Å²) in [7, 11) is 0. The predicted molar refractivity (Wildman–Crippen MR) is 72.0 cm³/mol. The van der Waals surface area contributed by atoms with E-state index in [0.29, 0.717) is 0 Å². The molecule has 1 aromatic carbocycles. The maximum Gasteiger partial charge on any atom is 0.0366 e. The zero-order chi connectivity index (χ0) is 8.72. The van der Waals surface area contributed by atoms with Crippen molar-refractivity contribution in [1.82, 2.24) is 0 Å². The topological polar surface area (TPSA) is 0 Å². The SMILES string of the molecule is Cc1cc(I)cc2scc(I)c12. The summed E-state index contributed by atoms with van der Waals surface area (Å²) in [4.78, 5) is 0. The molecule has 2 rings (SSSR count). The summed E-state index contributed by atoms with van der Waals surface area (Å²) in [5, 5.41) is 3.65. The fourth-order valence-electron chi connectivity index (χ4n) is 1.29. The Morgan fingerprint density at radius 2 is 2.00 bits per heavy atom. The Hall–Kier alpha value is 0.640. The van der Waals surface area contributed by atoms with Crippen molar-refractivity contribution in [3.8, 4) is 0 Å². The number of aryl methyl sites for hydroxylation is 1. The molecule has 0 saturated heterocycles. The van der Waals surface area contributed by atoms with Crippen LogP contribution in [-0.4, -0.2) is 0 Å². The monoisotopic (exact) mass is 400 g/mol. The van der Waals surface area contributed by atoms with Crippen molar-refractivity contribution in [2.24, 2.45) is 0 Å². The highest BCUT2D eigenvalue weighted by atomic mass is 127. The van der Waals surface area contributed by atoms with E-state index in [2.05, 4.69) is 69.6 Å². The van der Waals surface area contributed by atoms with E-state index in [1.807, 2.05) is 11.3 Å². The molecule has 0 saturated carbocycles. The van der Waals surface area contributed by atoms with Crippen LogP contribution in [0.3, 0.4) is 0 Å². The summed E-state index contributed by atoms with van der Waals surface area (Å²) in [5.74, 6) is 0. The van der Waals surface area contributed by atoms with Gasteiger partial charge in [-0.25, -0.2) is 0 Å². The molecule has 0 fully saturated rings. The zero-order valence-corrected chi connectivity index (χ0v) is 11.5. The van der Waals surface area contributed by atoms with Crippen molar-refractivity contribution >= 4 is 66.6 Å². The van der Waals surface area contributed by atoms with E-state index >= 15 is 0 Å². The van der Waals surface area contributed by atoms with Crippen LogP contribution in [0.5, 0.6) is 0 Å². The molecule has 0 bridgehead atoms. The number of hydrogen-bond donors (Lipinski definition) is 0. The van der Waals surface area contributed by atoms with Gasteiger partial charge >= 0.3 is 0 Å². The molecule has 0 atom stereocenters. The number of fused-ring (bicyclic) bond motifs is 1. The molecule has 3 heteroatoms. The van der Waals surface area contributed by atoms with Gasteiger partial charge in [-0.05, 0) is 69.8 Å². The summed E-state index contributed by atoms with van der Waals surface area (Å²) in [5.41, 5.74) is 1.39. The van der Waals surface area contributed by atoms with Crippen LogP contribution in [-0.2, 0) is 0 Å². The van der Waals surface area contributed by atoms with Gasteiger partial charge in [0.1, 0.15) is 0 Å². The number of thiophene rings is 1. The Labute approximate surface area is 103 Å².